The van der Waals surface area contributed by atoms with Crippen LogP contribution >= 0.6 is 0 Å². The topological polar surface area (TPSA) is 130 Å². The van der Waals surface area contributed by atoms with Crippen molar-refractivity contribution in [1.82, 2.24) is 30.6 Å². The highest BCUT2D eigenvalue weighted by Gasteiger charge is 2.54. The van der Waals surface area contributed by atoms with Crippen LogP contribution in [0, 0.1) is 23.7 Å². The van der Waals surface area contributed by atoms with E-state index < -0.39 is 18.0 Å². The molecule has 4 N–H and O–H groups in total. The summed E-state index contributed by atoms with van der Waals surface area (Å²) in [4.78, 5) is 8.73. The van der Waals surface area contributed by atoms with Crippen molar-refractivity contribution in [3.8, 4) is 6.07 Å². The van der Waals surface area contributed by atoms with Gasteiger partial charge in [0.2, 0.25) is 0 Å². The number of alkyl halides is 2. The van der Waals surface area contributed by atoms with E-state index in [2.05, 4.69) is 57.8 Å². The molecule has 4 rings (SSSR count). The minimum atomic E-state index is -2.53. The van der Waals surface area contributed by atoms with Crippen molar-refractivity contribution >= 4 is 6.34 Å². The normalized spacial score (nSPS) is 19.0. The second-order valence-electron chi connectivity index (χ2n) is 10.9. The Hall–Kier alpha value is -4.07. The highest BCUT2D eigenvalue weighted by atomic mass is 19.3. The zero-order valence-electron chi connectivity index (χ0n) is 22.0. The second-order valence-corrected chi connectivity index (χ2v) is 10.9. The number of halogens is 2. The Bertz CT molecular complexity index is 1330. The van der Waals surface area contributed by atoms with Crippen LogP contribution in [0.3, 0.4) is 0 Å². The van der Waals surface area contributed by atoms with Gasteiger partial charge in [0.15, 0.2) is 0 Å². The maximum Gasteiger partial charge on any atom is 0.263 e. The van der Waals surface area contributed by atoms with E-state index in [1.54, 1.807) is 18.5 Å². The van der Waals surface area contributed by atoms with Crippen molar-refractivity contribution in [3.05, 3.63) is 76.3 Å². The van der Waals surface area contributed by atoms with Crippen LogP contribution in [0.15, 0.2) is 64.3 Å². The Morgan fingerprint density at radius 3 is 2.71 bits per heavy atom. The van der Waals surface area contributed by atoms with Gasteiger partial charge in [-0.3, -0.25) is 4.98 Å². The molecule has 2 aromatic heterocycles. The zero-order chi connectivity index (χ0) is 27.5. The van der Waals surface area contributed by atoms with Gasteiger partial charge in [0.05, 0.1) is 24.6 Å². The van der Waals surface area contributed by atoms with E-state index in [9.17, 15) is 14.0 Å². The molecule has 0 aromatic carbocycles. The molecule has 1 saturated carbocycles. The van der Waals surface area contributed by atoms with Crippen molar-refractivity contribution in [2.24, 2.45) is 16.1 Å². The molecule has 1 atom stereocenters. The lowest BCUT2D eigenvalue weighted by Gasteiger charge is -2.24. The number of nitrogens with two attached hydrogens (primary N) is 1. The average molecular weight is 522 g/mol. The smallest absolute Gasteiger partial charge is 0.263 e. The van der Waals surface area contributed by atoms with Crippen LogP contribution in [0.4, 0.5) is 8.78 Å². The quantitative estimate of drug-likeness (QED) is 0.336. The summed E-state index contributed by atoms with van der Waals surface area (Å²) in [6, 6.07) is 5.42. The van der Waals surface area contributed by atoms with E-state index in [1.807, 2.05) is 25.1 Å². The molecule has 1 fully saturated rings. The Morgan fingerprint density at radius 1 is 1.34 bits per heavy atom. The second kappa shape index (κ2) is 10.7. The number of rotatable bonds is 9. The first-order valence-corrected chi connectivity index (χ1v) is 12.5. The SMILES string of the molecule is Cc1ncccc1[C@@H](NC1=C/C(=C(/N=C\N)NCC(C)(C)C)CC(C#N)=C1)c1cn(C2(C(F)F)CC2)nn1. The molecule has 2 aliphatic rings. The largest absolute Gasteiger partial charge is 0.390 e. The van der Waals surface area contributed by atoms with Gasteiger partial charge in [-0.2, -0.15) is 5.26 Å². The lowest BCUT2D eigenvalue weighted by Crippen LogP contribution is -2.28. The van der Waals surface area contributed by atoms with Crippen molar-refractivity contribution in [2.45, 2.75) is 65.0 Å². The fourth-order valence-corrected chi connectivity index (χ4v) is 4.28. The monoisotopic (exact) mass is 521 g/mol. The van der Waals surface area contributed by atoms with Gasteiger partial charge in [-0.1, -0.05) is 32.1 Å². The molecule has 11 heteroatoms. The van der Waals surface area contributed by atoms with E-state index in [-0.39, 0.29) is 5.41 Å². The molecule has 2 aromatic rings. The van der Waals surface area contributed by atoms with E-state index in [4.69, 9.17) is 5.73 Å². The number of aryl methyl sites for hydroxylation is 1. The van der Waals surface area contributed by atoms with Crippen LogP contribution in [-0.2, 0) is 5.54 Å². The Balaban J connectivity index is 1.74. The molecular formula is C27H33F2N9. The summed E-state index contributed by atoms with van der Waals surface area (Å²) < 4.78 is 28.8. The molecule has 38 heavy (non-hydrogen) atoms. The third kappa shape index (κ3) is 5.90. The fourth-order valence-electron chi connectivity index (χ4n) is 4.28. The van der Waals surface area contributed by atoms with Crippen LogP contribution in [0.1, 0.15) is 63.0 Å². The molecule has 9 nitrogen and oxygen atoms in total. The number of hydrogen-bond donors (Lipinski definition) is 3. The molecule has 0 aliphatic heterocycles. The fraction of sp³-hybridized carbons (Fsp3) is 0.444. The summed E-state index contributed by atoms with van der Waals surface area (Å²) in [6.07, 6.45) is 6.73. The summed E-state index contributed by atoms with van der Waals surface area (Å²) in [5, 5.41) is 24.9. The first kappa shape index (κ1) is 27.0. The van der Waals surface area contributed by atoms with Gasteiger partial charge in [-0.15, -0.1) is 5.10 Å². The minimum Gasteiger partial charge on any atom is -0.390 e. The summed E-state index contributed by atoms with van der Waals surface area (Å²) in [5.41, 5.74) is 8.35. The standard InChI is InChI=1S/C27H33F2N9/c1-17-21(6-5-9-32-17)23(22-14-38(37-36-22)27(7-8-27)25(28)29)35-20-11-18(13-30)10-19(12-20)24(34-16-31)33-15-26(2,3)4/h5-6,9,11-12,14,16,23,25,33,35H,7-8,10,15H2,1-4H3,(H2,31,34)/b24-19+/t23-/m1/s1. The number of pyridine rings is 1. The van der Waals surface area contributed by atoms with Crippen molar-refractivity contribution in [2.75, 3.05) is 6.54 Å². The maximum absolute atomic E-state index is 13.7. The molecular weight excluding hydrogens is 488 g/mol. The van der Waals surface area contributed by atoms with E-state index in [0.29, 0.717) is 48.6 Å². The third-order valence-corrected chi connectivity index (χ3v) is 6.58. The number of nitriles is 1. The predicted octanol–water partition coefficient (Wildman–Crippen LogP) is 3.99. The Morgan fingerprint density at radius 2 is 2.11 bits per heavy atom. The number of aliphatic imine (C=N–C) groups is 1. The molecule has 2 aliphatic carbocycles. The summed E-state index contributed by atoms with van der Waals surface area (Å²) in [5.74, 6) is 0.579. The predicted molar refractivity (Wildman–Crippen MR) is 141 cm³/mol. The molecule has 0 unspecified atom stereocenters. The molecule has 0 saturated heterocycles. The third-order valence-electron chi connectivity index (χ3n) is 6.58. The van der Waals surface area contributed by atoms with Gasteiger partial charge < -0.3 is 16.4 Å². The summed E-state index contributed by atoms with van der Waals surface area (Å²) >= 11 is 0. The first-order valence-electron chi connectivity index (χ1n) is 12.5. The summed E-state index contributed by atoms with van der Waals surface area (Å²) in [6.45, 7) is 8.83. The number of nitrogens with one attached hydrogen (secondary N) is 2. The number of aromatic nitrogens is 4. The minimum absolute atomic E-state index is 0.00477. The maximum atomic E-state index is 13.7. The van der Waals surface area contributed by atoms with Crippen LogP contribution in [0.2, 0.25) is 0 Å². The molecule has 0 spiro atoms. The van der Waals surface area contributed by atoms with Gasteiger partial charge in [-0.05, 0) is 43.4 Å². The molecule has 2 heterocycles. The molecule has 0 radical (unpaired) electrons. The van der Waals surface area contributed by atoms with Crippen LogP contribution < -0.4 is 16.4 Å². The van der Waals surface area contributed by atoms with Crippen molar-refractivity contribution in [1.29, 1.82) is 5.26 Å². The summed E-state index contributed by atoms with van der Waals surface area (Å²) in [7, 11) is 0. The number of nitrogens with zero attached hydrogens (tertiary/aromatic N) is 6. The van der Waals surface area contributed by atoms with Crippen molar-refractivity contribution < 1.29 is 8.78 Å². The van der Waals surface area contributed by atoms with E-state index in [1.165, 1.54) is 11.0 Å². The van der Waals surface area contributed by atoms with Gasteiger partial charge in [0.25, 0.3) is 6.43 Å². The molecule has 0 amide bonds. The number of allylic oxidation sites excluding steroid dienone is 4. The lowest BCUT2D eigenvalue weighted by atomic mass is 9.95. The average Bonchev–Trinajstić information content (AvgIpc) is 3.55. The number of hydrogen-bond acceptors (Lipinski definition) is 7. The van der Waals surface area contributed by atoms with Gasteiger partial charge in [0.1, 0.15) is 17.1 Å². The van der Waals surface area contributed by atoms with Crippen LogP contribution in [0.25, 0.3) is 0 Å². The van der Waals surface area contributed by atoms with Crippen LogP contribution in [0.5, 0.6) is 0 Å². The molecule has 0 bridgehead atoms. The van der Waals surface area contributed by atoms with Gasteiger partial charge >= 0.3 is 0 Å². The highest BCUT2D eigenvalue weighted by molar-refractivity contribution is 5.55. The van der Waals surface area contributed by atoms with E-state index >= 15 is 0 Å². The van der Waals surface area contributed by atoms with E-state index in [0.717, 1.165) is 16.8 Å². The van der Waals surface area contributed by atoms with Crippen molar-refractivity contribution in [3.63, 3.8) is 0 Å². The molecule has 200 valence electrons. The first-order chi connectivity index (χ1) is 18.1. The zero-order valence-corrected chi connectivity index (χ0v) is 22.0. The van der Waals surface area contributed by atoms with Gasteiger partial charge in [-0.25, -0.2) is 18.5 Å². The highest BCUT2D eigenvalue weighted by Crippen LogP contribution is 2.48. The van der Waals surface area contributed by atoms with Crippen LogP contribution in [-0.4, -0.2) is 39.3 Å². The van der Waals surface area contributed by atoms with Gasteiger partial charge in [0, 0.05) is 47.3 Å². The Labute approximate surface area is 221 Å². The Kier molecular flexibility index (Phi) is 7.62. The lowest BCUT2D eigenvalue weighted by molar-refractivity contribution is 0.0593.